The summed E-state index contributed by atoms with van der Waals surface area (Å²) < 4.78 is 22.3. The summed E-state index contributed by atoms with van der Waals surface area (Å²) in [6.07, 6.45) is -1.37. The average molecular weight is 401 g/mol. The number of carbonyl (C=O) groups is 2. The number of nitrogens with one attached hydrogen (secondary N) is 1. The molecule has 0 aromatic rings. The Morgan fingerprint density at radius 2 is 1.50 bits per heavy atom. The van der Waals surface area contributed by atoms with Crippen molar-refractivity contribution >= 4 is 11.9 Å². The molecule has 0 aromatic carbocycles. The minimum Gasteiger partial charge on any atom is -0.456 e. The lowest BCUT2D eigenvalue weighted by molar-refractivity contribution is -0.158. The van der Waals surface area contributed by atoms with E-state index in [4.69, 9.17) is 24.7 Å². The fourth-order valence-electron chi connectivity index (χ4n) is 3.44. The van der Waals surface area contributed by atoms with Crippen LogP contribution in [0.4, 0.5) is 0 Å². The molecule has 2 fully saturated rings. The first-order valence-electron chi connectivity index (χ1n) is 9.70. The summed E-state index contributed by atoms with van der Waals surface area (Å²) in [6, 6.07) is -1.53. The van der Waals surface area contributed by atoms with Crippen LogP contribution in [0.25, 0.3) is 0 Å². The summed E-state index contributed by atoms with van der Waals surface area (Å²) in [4.78, 5) is 35.0. The number of carbonyl (C=O) groups excluding carboxylic acids is 2. The lowest BCUT2D eigenvalue weighted by Crippen LogP contribution is -2.42. The third-order valence-electron chi connectivity index (χ3n) is 4.73. The predicted octanol–water partition coefficient (Wildman–Crippen LogP) is 0.667. The summed E-state index contributed by atoms with van der Waals surface area (Å²) >= 11 is 0. The van der Waals surface area contributed by atoms with Crippen molar-refractivity contribution in [2.24, 2.45) is 22.9 Å². The van der Waals surface area contributed by atoms with Crippen LogP contribution in [0.2, 0.25) is 0 Å². The zero-order valence-electron chi connectivity index (χ0n) is 16.8. The molecular weight excluding hydrogens is 370 g/mol. The standard InChI is InChI=1S/C18H31N3O7/c1-9(2)5-11(19)17(22)27-13-7-25-16-14(8-26-15(13)16)28-18(23)12(20-21-24)6-10(3)4/h9-16H,5-8,19H2,1-4H3,(H,20,24). The fraction of sp³-hybridized carbons (Fsp3) is 0.889. The Bertz CT molecular complexity index is 557. The lowest BCUT2D eigenvalue weighted by Gasteiger charge is -2.21. The number of hydrogen-bond donors (Lipinski definition) is 2. The minimum atomic E-state index is -0.833. The number of nitrogens with zero attached hydrogens (tertiary/aromatic N) is 1. The number of nitroso groups, excluding NO2 is 1. The van der Waals surface area contributed by atoms with Gasteiger partial charge in [-0.15, -0.1) is 4.91 Å². The first-order valence-corrected chi connectivity index (χ1v) is 9.70. The summed E-state index contributed by atoms with van der Waals surface area (Å²) in [5.41, 5.74) is 8.10. The zero-order chi connectivity index (χ0) is 20.8. The van der Waals surface area contributed by atoms with Gasteiger partial charge in [0.05, 0.1) is 18.5 Å². The Labute approximate surface area is 164 Å². The summed E-state index contributed by atoms with van der Waals surface area (Å²) in [7, 11) is 0. The Kier molecular flexibility index (Phi) is 8.14. The smallest absolute Gasteiger partial charge is 0.330 e. The Balaban J connectivity index is 1.89. The monoisotopic (exact) mass is 401 g/mol. The molecule has 0 bridgehead atoms. The van der Waals surface area contributed by atoms with Crippen LogP contribution in [0.1, 0.15) is 40.5 Å². The van der Waals surface area contributed by atoms with Crippen molar-refractivity contribution in [1.29, 1.82) is 0 Å². The molecule has 0 aliphatic carbocycles. The largest absolute Gasteiger partial charge is 0.456 e. The van der Waals surface area contributed by atoms with Gasteiger partial charge in [0.15, 0.2) is 12.2 Å². The van der Waals surface area contributed by atoms with Crippen LogP contribution in [0, 0.1) is 16.7 Å². The van der Waals surface area contributed by atoms with Crippen molar-refractivity contribution in [3.8, 4) is 0 Å². The highest BCUT2D eigenvalue weighted by Crippen LogP contribution is 2.31. The maximum atomic E-state index is 12.4. The van der Waals surface area contributed by atoms with E-state index in [-0.39, 0.29) is 25.0 Å². The number of hydrogen-bond acceptors (Lipinski definition) is 9. The van der Waals surface area contributed by atoms with Gasteiger partial charge in [0.1, 0.15) is 24.3 Å². The molecule has 10 nitrogen and oxygen atoms in total. The number of nitrogens with two attached hydrogens (primary N) is 1. The van der Waals surface area contributed by atoms with E-state index in [1.54, 1.807) is 0 Å². The van der Waals surface area contributed by atoms with E-state index >= 15 is 0 Å². The summed E-state index contributed by atoms with van der Waals surface area (Å²) in [5, 5.41) is 2.60. The second-order valence-electron chi connectivity index (χ2n) is 8.19. The molecule has 0 saturated carbocycles. The van der Waals surface area contributed by atoms with E-state index in [0.717, 1.165) is 0 Å². The van der Waals surface area contributed by atoms with Crippen molar-refractivity contribution in [1.82, 2.24) is 5.43 Å². The van der Waals surface area contributed by atoms with Crippen LogP contribution in [-0.2, 0) is 28.5 Å². The molecule has 2 aliphatic rings. The number of rotatable bonds is 10. The Morgan fingerprint density at radius 1 is 1.00 bits per heavy atom. The van der Waals surface area contributed by atoms with Gasteiger partial charge in [-0.05, 0) is 24.7 Å². The Hall–Kier alpha value is -1.78. The van der Waals surface area contributed by atoms with Crippen LogP contribution < -0.4 is 11.2 Å². The maximum absolute atomic E-state index is 12.4. The second kappa shape index (κ2) is 10.1. The topological polar surface area (TPSA) is 139 Å². The van der Waals surface area contributed by atoms with E-state index in [1.165, 1.54) is 0 Å². The first-order chi connectivity index (χ1) is 13.2. The van der Waals surface area contributed by atoms with Crippen LogP contribution >= 0.6 is 0 Å². The predicted molar refractivity (Wildman–Crippen MR) is 98.8 cm³/mol. The molecule has 6 unspecified atom stereocenters. The van der Waals surface area contributed by atoms with Gasteiger partial charge in [-0.3, -0.25) is 10.2 Å². The molecule has 2 saturated heterocycles. The molecule has 0 aromatic heterocycles. The molecule has 10 heteroatoms. The molecule has 2 heterocycles. The number of esters is 2. The zero-order valence-corrected chi connectivity index (χ0v) is 16.8. The van der Waals surface area contributed by atoms with Crippen molar-refractivity contribution in [2.75, 3.05) is 13.2 Å². The van der Waals surface area contributed by atoms with Gasteiger partial charge >= 0.3 is 11.9 Å². The van der Waals surface area contributed by atoms with E-state index < -0.39 is 48.4 Å². The van der Waals surface area contributed by atoms with Gasteiger partial charge in [-0.25, -0.2) is 4.79 Å². The Morgan fingerprint density at radius 3 is 1.96 bits per heavy atom. The van der Waals surface area contributed by atoms with E-state index in [1.807, 2.05) is 27.7 Å². The summed E-state index contributed by atoms with van der Waals surface area (Å²) in [5.74, 6) is -0.647. The summed E-state index contributed by atoms with van der Waals surface area (Å²) in [6.45, 7) is 8.06. The molecule has 28 heavy (non-hydrogen) atoms. The van der Waals surface area contributed by atoms with Crippen LogP contribution in [0.15, 0.2) is 5.29 Å². The highest BCUT2D eigenvalue weighted by atomic mass is 16.7. The van der Waals surface area contributed by atoms with E-state index in [9.17, 15) is 14.5 Å². The molecule has 0 amide bonds. The van der Waals surface area contributed by atoms with Gasteiger partial charge in [-0.2, -0.15) is 0 Å². The molecule has 160 valence electrons. The maximum Gasteiger partial charge on any atom is 0.330 e. The lowest BCUT2D eigenvalue weighted by atomic mass is 10.0. The van der Waals surface area contributed by atoms with Crippen molar-refractivity contribution < 1.29 is 28.5 Å². The molecule has 3 N–H and O–H groups in total. The molecular formula is C18H31N3O7. The number of ether oxygens (including phenoxy) is 4. The van der Waals surface area contributed by atoms with E-state index in [0.29, 0.717) is 12.8 Å². The van der Waals surface area contributed by atoms with Crippen molar-refractivity contribution in [3.05, 3.63) is 4.91 Å². The van der Waals surface area contributed by atoms with Crippen LogP contribution in [0.3, 0.4) is 0 Å². The first kappa shape index (κ1) is 22.5. The molecule has 6 atom stereocenters. The van der Waals surface area contributed by atoms with Gasteiger partial charge in [0.25, 0.3) is 0 Å². The van der Waals surface area contributed by atoms with E-state index in [2.05, 4.69) is 10.7 Å². The third kappa shape index (κ3) is 5.86. The second-order valence-corrected chi connectivity index (χ2v) is 8.19. The normalized spacial score (nSPS) is 28.7. The van der Waals surface area contributed by atoms with Gasteiger partial charge in [0, 0.05) is 0 Å². The SMILES string of the molecule is CC(C)CC(N)C(=O)OC1COC2C(OC(=O)C(CC(C)C)NN=O)COC12. The molecule has 0 radical (unpaired) electrons. The average Bonchev–Trinajstić information content (AvgIpc) is 3.17. The van der Waals surface area contributed by atoms with Gasteiger partial charge < -0.3 is 24.7 Å². The minimum absolute atomic E-state index is 0.121. The van der Waals surface area contributed by atoms with Crippen LogP contribution in [-0.4, -0.2) is 61.7 Å². The fourth-order valence-corrected chi connectivity index (χ4v) is 3.44. The number of fused-ring (bicyclic) bond motifs is 1. The highest BCUT2D eigenvalue weighted by molar-refractivity contribution is 5.76. The van der Waals surface area contributed by atoms with Gasteiger partial charge in [-0.1, -0.05) is 27.7 Å². The van der Waals surface area contributed by atoms with Crippen molar-refractivity contribution in [3.63, 3.8) is 0 Å². The quantitative estimate of drug-likeness (QED) is 0.307. The molecule has 0 spiro atoms. The van der Waals surface area contributed by atoms with Crippen LogP contribution in [0.5, 0.6) is 0 Å². The third-order valence-corrected chi connectivity index (χ3v) is 4.73. The van der Waals surface area contributed by atoms with Crippen molar-refractivity contribution in [2.45, 2.75) is 77.0 Å². The highest BCUT2D eigenvalue weighted by Gasteiger charge is 2.51. The molecule has 2 rings (SSSR count). The molecule has 2 aliphatic heterocycles. The van der Waals surface area contributed by atoms with Gasteiger partial charge in [0.2, 0.25) is 0 Å².